The molecule has 0 atom stereocenters. The van der Waals surface area contributed by atoms with Crippen LogP contribution in [-0.2, 0) is 15.9 Å². The molecule has 0 amide bonds. The van der Waals surface area contributed by atoms with Crippen molar-refractivity contribution in [2.24, 2.45) is 10.7 Å². The Bertz CT molecular complexity index is 369. The zero-order chi connectivity index (χ0) is 14.5. The first kappa shape index (κ1) is 16.5. The lowest BCUT2D eigenvalue weighted by molar-refractivity contribution is 0.0702. The molecule has 0 saturated carbocycles. The normalized spacial score (nSPS) is 11.6. The summed E-state index contributed by atoms with van der Waals surface area (Å²) in [6.07, 6.45) is 1.81. The van der Waals surface area contributed by atoms with Crippen molar-refractivity contribution in [1.29, 1.82) is 0 Å². The summed E-state index contributed by atoms with van der Waals surface area (Å²) in [5, 5.41) is 3.11. The quantitative estimate of drug-likeness (QED) is 0.383. The molecule has 0 unspecified atom stereocenters. The fourth-order valence-corrected chi connectivity index (χ4v) is 1.65. The molecule has 0 spiro atoms. The van der Waals surface area contributed by atoms with Gasteiger partial charge in [0.15, 0.2) is 5.96 Å². The fraction of sp³-hybridized carbons (Fsp3) is 0.533. The van der Waals surface area contributed by atoms with E-state index in [2.05, 4.69) is 22.4 Å². The molecule has 0 aromatic heterocycles. The van der Waals surface area contributed by atoms with Gasteiger partial charge in [-0.1, -0.05) is 30.3 Å². The van der Waals surface area contributed by atoms with Crippen molar-refractivity contribution >= 4 is 5.96 Å². The second-order valence-electron chi connectivity index (χ2n) is 4.39. The van der Waals surface area contributed by atoms with Gasteiger partial charge in [-0.25, -0.2) is 0 Å². The van der Waals surface area contributed by atoms with Crippen LogP contribution in [0.5, 0.6) is 0 Å². The molecule has 1 aromatic rings. The lowest BCUT2D eigenvalue weighted by Gasteiger charge is -2.06. The van der Waals surface area contributed by atoms with E-state index in [4.69, 9.17) is 15.2 Å². The number of benzene rings is 1. The van der Waals surface area contributed by atoms with E-state index in [9.17, 15) is 0 Å². The van der Waals surface area contributed by atoms with Crippen molar-refractivity contribution in [2.75, 3.05) is 40.0 Å². The molecular weight excluding hydrogens is 254 g/mol. The molecule has 0 aliphatic heterocycles. The van der Waals surface area contributed by atoms with Crippen LogP contribution in [0.4, 0.5) is 0 Å². The highest BCUT2D eigenvalue weighted by molar-refractivity contribution is 5.77. The molecule has 0 bridgehead atoms. The molecule has 5 nitrogen and oxygen atoms in total. The molecule has 0 saturated heterocycles. The molecule has 0 heterocycles. The molecule has 1 aromatic carbocycles. The summed E-state index contributed by atoms with van der Waals surface area (Å²) >= 11 is 0. The topological polar surface area (TPSA) is 68.9 Å². The van der Waals surface area contributed by atoms with Crippen LogP contribution in [-0.4, -0.2) is 46.0 Å². The van der Waals surface area contributed by atoms with E-state index in [1.54, 1.807) is 7.11 Å². The first-order valence-electron chi connectivity index (χ1n) is 6.97. The van der Waals surface area contributed by atoms with Crippen LogP contribution in [0.1, 0.15) is 12.0 Å². The summed E-state index contributed by atoms with van der Waals surface area (Å²) in [5.41, 5.74) is 7.07. The third-order valence-corrected chi connectivity index (χ3v) is 2.72. The summed E-state index contributed by atoms with van der Waals surface area (Å²) < 4.78 is 10.2. The Kier molecular flexibility index (Phi) is 9.26. The van der Waals surface area contributed by atoms with Gasteiger partial charge in [0.05, 0.1) is 13.2 Å². The van der Waals surface area contributed by atoms with E-state index in [-0.39, 0.29) is 0 Å². The highest BCUT2D eigenvalue weighted by Crippen LogP contribution is 1.97. The van der Waals surface area contributed by atoms with Gasteiger partial charge >= 0.3 is 0 Å². The minimum atomic E-state index is 0.498. The maximum Gasteiger partial charge on any atom is 0.188 e. The summed E-state index contributed by atoms with van der Waals surface area (Å²) in [6.45, 7) is 3.42. The third kappa shape index (κ3) is 8.50. The standard InChI is InChI=1S/C15H25N3O2/c1-19-12-13-20-11-5-9-17-15(16)18-10-8-14-6-3-2-4-7-14/h2-4,6-7H,5,8-13H2,1H3,(H3,16,17,18). The van der Waals surface area contributed by atoms with Crippen LogP contribution < -0.4 is 11.1 Å². The average molecular weight is 279 g/mol. The van der Waals surface area contributed by atoms with Crippen molar-refractivity contribution in [3.63, 3.8) is 0 Å². The van der Waals surface area contributed by atoms with Crippen molar-refractivity contribution in [3.8, 4) is 0 Å². The number of rotatable bonds is 10. The van der Waals surface area contributed by atoms with Crippen LogP contribution in [0, 0.1) is 0 Å². The second kappa shape index (κ2) is 11.3. The predicted molar refractivity (Wildman–Crippen MR) is 82.0 cm³/mol. The zero-order valence-corrected chi connectivity index (χ0v) is 12.2. The number of aliphatic imine (C=N–C) groups is 1. The van der Waals surface area contributed by atoms with Crippen molar-refractivity contribution < 1.29 is 9.47 Å². The van der Waals surface area contributed by atoms with E-state index in [1.807, 2.05) is 18.2 Å². The Hall–Kier alpha value is -1.59. The third-order valence-electron chi connectivity index (χ3n) is 2.72. The number of nitrogens with one attached hydrogen (secondary N) is 1. The van der Waals surface area contributed by atoms with E-state index < -0.39 is 0 Å². The molecule has 1 rings (SSSR count). The fourth-order valence-electron chi connectivity index (χ4n) is 1.65. The van der Waals surface area contributed by atoms with Gasteiger partial charge in [0.25, 0.3) is 0 Å². The number of hydrogen-bond acceptors (Lipinski definition) is 3. The number of guanidine groups is 1. The second-order valence-corrected chi connectivity index (χ2v) is 4.39. The highest BCUT2D eigenvalue weighted by Gasteiger charge is 1.94. The first-order chi connectivity index (χ1) is 9.83. The molecule has 3 N–H and O–H groups in total. The van der Waals surface area contributed by atoms with Crippen molar-refractivity contribution in [3.05, 3.63) is 35.9 Å². The summed E-state index contributed by atoms with van der Waals surface area (Å²) in [4.78, 5) is 4.25. The Morgan fingerprint density at radius 3 is 2.75 bits per heavy atom. The first-order valence-corrected chi connectivity index (χ1v) is 6.97. The number of methoxy groups -OCH3 is 1. The molecule has 0 fully saturated rings. The van der Waals surface area contributed by atoms with E-state index >= 15 is 0 Å². The molecule has 112 valence electrons. The summed E-state index contributed by atoms with van der Waals surface area (Å²) in [7, 11) is 1.66. The Labute approximate surface area is 121 Å². The van der Waals surface area contributed by atoms with Crippen LogP contribution in [0.2, 0.25) is 0 Å². The van der Waals surface area contributed by atoms with Gasteiger partial charge in [-0.15, -0.1) is 0 Å². The van der Waals surface area contributed by atoms with Crippen molar-refractivity contribution in [2.45, 2.75) is 12.8 Å². The van der Waals surface area contributed by atoms with Crippen molar-refractivity contribution in [1.82, 2.24) is 5.32 Å². The molecule has 0 radical (unpaired) electrons. The number of ether oxygens (including phenoxy) is 2. The van der Waals surface area contributed by atoms with Crippen LogP contribution >= 0.6 is 0 Å². The summed E-state index contributed by atoms with van der Waals surface area (Å²) in [6, 6.07) is 10.3. The van der Waals surface area contributed by atoms with Gasteiger partial charge < -0.3 is 20.5 Å². The Morgan fingerprint density at radius 1 is 1.20 bits per heavy atom. The number of nitrogens with two attached hydrogens (primary N) is 1. The number of hydrogen-bond donors (Lipinski definition) is 2. The summed E-state index contributed by atoms with van der Waals surface area (Å²) in [5.74, 6) is 0.498. The van der Waals surface area contributed by atoms with Crippen LogP contribution in [0.15, 0.2) is 35.3 Å². The van der Waals surface area contributed by atoms with Crippen LogP contribution in [0.3, 0.4) is 0 Å². The average Bonchev–Trinajstić information content (AvgIpc) is 2.47. The Balaban J connectivity index is 2.01. The molecule has 0 aliphatic carbocycles. The predicted octanol–water partition coefficient (Wildman–Crippen LogP) is 1.19. The number of nitrogens with zero attached hydrogens (tertiary/aromatic N) is 1. The molecule has 0 aliphatic rings. The smallest absolute Gasteiger partial charge is 0.188 e. The SMILES string of the molecule is COCCOCCCN=C(N)NCCc1ccccc1. The van der Waals surface area contributed by atoms with E-state index in [1.165, 1.54) is 5.56 Å². The van der Waals surface area contributed by atoms with E-state index in [0.717, 1.165) is 19.4 Å². The molecule has 5 heteroatoms. The maximum absolute atomic E-state index is 5.78. The molecular formula is C15H25N3O2. The minimum Gasteiger partial charge on any atom is -0.382 e. The zero-order valence-electron chi connectivity index (χ0n) is 12.2. The van der Waals surface area contributed by atoms with Gasteiger partial charge in [0.1, 0.15) is 0 Å². The lowest BCUT2D eigenvalue weighted by Crippen LogP contribution is -2.33. The lowest BCUT2D eigenvalue weighted by atomic mass is 10.1. The van der Waals surface area contributed by atoms with Gasteiger partial charge in [0.2, 0.25) is 0 Å². The van der Waals surface area contributed by atoms with Crippen LogP contribution in [0.25, 0.3) is 0 Å². The Morgan fingerprint density at radius 2 is 2.00 bits per heavy atom. The monoisotopic (exact) mass is 279 g/mol. The van der Waals surface area contributed by atoms with Gasteiger partial charge in [0, 0.05) is 26.8 Å². The maximum atomic E-state index is 5.78. The molecule has 20 heavy (non-hydrogen) atoms. The van der Waals surface area contributed by atoms with Gasteiger partial charge in [-0.2, -0.15) is 0 Å². The highest BCUT2D eigenvalue weighted by atomic mass is 16.5. The van der Waals surface area contributed by atoms with Gasteiger partial charge in [-0.05, 0) is 18.4 Å². The minimum absolute atomic E-state index is 0.498. The largest absolute Gasteiger partial charge is 0.382 e. The van der Waals surface area contributed by atoms with E-state index in [0.29, 0.717) is 32.3 Å². The van der Waals surface area contributed by atoms with Gasteiger partial charge in [-0.3, -0.25) is 4.99 Å².